The molecule has 1 heterocycles. The van der Waals surface area contributed by atoms with Crippen molar-refractivity contribution >= 4 is 17.7 Å². The molecule has 128 valence electrons. The lowest BCUT2D eigenvalue weighted by molar-refractivity contribution is -0.118. The van der Waals surface area contributed by atoms with E-state index in [-0.39, 0.29) is 5.91 Å². The second-order valence-electron chi connectivity index (χ2n) is 5.33. The van der Waals surface area contributed by atoms with E-state index >= 15 is 0 Å². The highest BCUT2D eigenvalue weighted by atomic mass is 32.2. The van der Waals surface area contributed by atoms with E-state index < -0.39 is 0 Å². The van der Waals surface area contributed by atoms with Crippen LogP contribution in [-0.4, -0.2) is 28.3 Å². The maximum Gasteiger partial charge on any atom is 0.230 e. The summed E-state index contributed by atoms with van der Waals surface area (Å²) in [6, 6.07) is 17.6. The lowest BCUT2D eigenvalue weighted by Gasteiger charge is -2.09. The molecule has 1 amide bonds. The minimum Gasteiger partial charge on any atom is -0.497 e. The van der Waals surface area contributed by atoms with E-state index in [1.165, 1.54) is 11.8 Å². The summed E-state index contributed by atoms with van der Waals surface area (Å²) >= 11 is 1.41. The summed E-state index contributed by atoms with van der Waals surface area (Å²) in [5, 5.41) is 3.70. The monoisotopic (exact) mass is 353 g/mol. The fraction of sp³-hybridized carbons (Fsp3) is 0.158. The smallest absolute Gasteiger partial charge is 0.230 e. The van der Waals surface area contributed by atoms with Gasteiger partial charge in [-0.2, -0.15) is 0 Å². The van der Waals surface area contributed by atoms with E-state index in [2.05, 4.69) is 10.3 Å². The summed E-state index contributed by atoms with van der Waals surface area (Å²) in [6.07, 6.45) is 3.61. The standard InChI is InChI=1S/C19H19N3O2S/c1-24-17-9-7-16(8-10-17)22-12-11-20-19(22)25-14-18(23)21-13-15-5-3-2-4-6-15/h2-12H,13-14H2,1H3,(H,21,23). The highest BCUT2D eigenvalue weighted by Crippen LogP contribution is 2.22. The van der Waals surface area contributed by atoms with Crippen LogP contribution in [0.2, 0.25) is 0 Å². The van der Waals surface area contributed by atoms with Crippen molar-refractivity contribution in [3.8, 4) is 11.4 Å². The number of benzene rings is 2. The second-order valence-corrected chi connectivity index (χ2v) is 6.27. The van der Waals surface area contributed by atoms with Gasteiger partial charge in [-0.15, -0.1) is 0 Å². The number of ether oxygens (including phenoxy) is 1. The van der Waals surface area contributed by atoms with Crippen molar-refractivity contribution in [3.05, 3.63) is 72.6 Å². The van der Waals surface area contributed by atoms with E-state index in [0.717, 1.165) is 22.2 Å². The molecular formula is C19H19N3O2S. The van der Waals surface area contributed by atoms with Crippen LogP contribution in [0.3, 0.4) is 0 Å². The topological polar surface area (TPSA) is 56.2 Å². The fourth-order valence-electron chi connectivity index (χ4n) is 2.31. The van der Waals surface area contributed by atoms with Crippen molar-refractivity contribution in [1.29, 1.82) is 0 Å². The van der Waals surface area contributed by atoms with E-state index in [1.54, 1.807) is 13.3 Å². The van der Waals surface area contributed by atoms with Gasteiger partial charge in [0.1, 0.15) is 5.75 Å². The van der Waals surface area contributed by atoms with E-state index in [9.17, 15) is 4.79 Å². The first-order valence-corrected chi connectivity index (χ1v) is 8.86. The first-order valence-electron chi connectivity index (χ1n) is 7.87. The van der Waals surface area contributed by atoms with Gasteiger partial charge in [0.25, 0.3) is 0 Å². The molecular weight excluding hydrogens is 334 g/mol. The van der Waals surface area contributed by atoms with E-state index in [4.69, 9.17) is 4.74 Å². The Morgan fingerprint density at radius 2 is 1.92 bits per heavy atom. The number of rotatable bonds is 7. The first-order chi connectivity index (χ1) is 12.3. The zero-order valence-electron chi connectivity index (χ0n) is 13.9. The number of methoxy groups -OCH3 is 1. The molecule has 0 aliphatic rings. The van der Waals surface area contributed by atoms with Gasteiger partial charge in [-0.1, -0.05) is 42.1 Å². The van der Waals surface area contributed by atoms with Crippen LogP contribution in [0.5, 0.6) is 5.75 Å². The Balaban J connectivity index is 1.56. The van der Waals surface area contributed by atoms with Gasteiger partial charge in [-0.25, -0.2) is 4.98 Å². The Morgan fingerprint density at radius 3 is 2.64 bits per heavy atom. The molecule has 2 aromatic carbocycles. The third-order valence-corrected chi connectivity index (χ3v) is 4.59. The molecule has 0 bridgehead atoms. The summed E-state index contributed by atoms with van der Waals surface area (Å²) in [5.41, 5.74) is 2.06. The van der Waals surface area contributed by atoms with Crippen molar-refractivity contribution in [3.63, 3.8) is 0 Å². The van der Waals surface area contributed by atoms with Crippen LogP contribution in [0.15, 0.2) is 72.1 Å². The van der Waals surface area contributed by atoms with E-state index in [1.807, 2.05) is 65.4 Å². The third-order valence-electron chi connectivity index (χ3n) is 3.62. The van der Waals surface area contributed by atoms with Crippen molar-refractivity contribution < 1.29 is 9.53 Å². The SMILES string of the molecule is COc1ccc(-n2ccnc2SCC(=O)NCc2ccccc2)cc1. The van der Waals surface area contributed by atoms with Crippen molar-refractivity contribution in [2.24, 2.45) is 0 Å². The normalized spacial score (nSPS) is 10.4. The molecule has 0 unspecified atom stereocenters. The molecule has 25 heavy (non-hydrogen) atoms. The highest BCUT2D eigenvalue weighted by Gasteiger charge is 2.09. The summed E-state index contributed by atoms with van der Waals surface area (Å²) in [5.74, 6) is 1.11. The zero-order chi connectivity index (χ0) is 17.5. The average Bonchev–Trinajstić information content (AvgIpc) is 3.14. The Bertz CT molecular complexity index is 816. The molecule has 0 fully saturated rings. The lowest BCUT2D eigenvalue weighted by atomic mass is 10.2. The first kappa shape index (κ1) is 17.1. The molecule has 0 saturated carbocycles. The number of thioether (sulfide) groups is 1. The number of carbonyl (C=O) groups excluding carboxylic acids is 1. The van der Waals surface area contributed by atoms with Crippen molar-refractivity contribution in [2.75, 3.05) is 12.9 Å². The maximum absolute atomic E-state index is 12.1. The Labute approximate surface area is 151 Å². The van der Waals surface area contributed by atoms with Gasteiger partial charge < -0.3 is 10.1 Å². The van der Waals surface area contributed by atoms with Gasteiger partial charge in [0, 0.05) is 24.6 Å². The molecule has 1 aromatic heterocycles. The Morgan fingerprint density at radius 1 is 1.16 bits per heavy atom. The number of imidazole rings is 1. The van der Waals surface area contributed by atoms with Gasteiger partial charge in [-0.05, 0) is 29.8 Å². The number of hydrogen-bond donors (Lipinski definition) is 1. The molecule has 6 heteroatoms. The number of nitrogens with one attached hydrogen (secondary N) is 1. The van der Waals surface area contributed by atoms with Crippen molar-refractivity contribution in [1.82, 2.24) is 14.9 Å². The van der Waals surface area contributed by atoms with Gasteiger partial charge >= 0.3 is 0 Å². The number of carbonyl (C=O) groups is 1. The largest absolute Gasteiger partial charge is 0.497 e. The minimum atomic E-state index is -0.0156. The van der Waals surface area contributed by atoms with Crippen LogP contribution in [0.4, 0.5) is 0 Å². The van der Waals surface area contributed by atoms with Crippen LogP contribution in [0, 0.1) is 0 Å². The number of hydrogen-bond acceptors (Lipinski definition) is 4. The maximum atomic E-state index is 12.1. The van der Waals surface area contributed by atoms with Crippen LogP contribution >= 0.6 is 11.8 Å². The molecule has 1 N–H and O–H groups in total. The second kappa shape index (κ2) is 8.39. The molecule has 0 aliphatic carbocycles. The fourth-order valence-corrected chi connectivity index (χ4v) is 3.12. The van der Waals surface area contributed by atoms with E-state index in [0.29, 0.717) is 12.3 Å². The lowest BCUT2D eigenvalue weighted by Crippen LogP contribution is -2.24. The van der Waals surface area contributed by atoms with Crippen LogP contribution in [0.1, 0.15) is 5.56 Å². The average molecular weight is 353 g/mol. The molecule has 0 saturated heterocycles. The molecule has 0 aliphatic heterocycles. The van der Waals surface area contributed by atoms with Gasteiger partial charge in [-0.3, -0.25) is 9.36 Å². The summed E-state index contributed by atoms with van der Waals surface area (Å²) in [4.78, 5) is 16.4. The van der Waals surface area contributed by atoms with Crippen molar-refractivity contribution in [2.45, 2.75) is 11.7 Å². The van der Waals surface area contributed by atoms with Gasteiger partial charge in [0.2, 0.25) is 5.91 Å². The highest BCUT2D eigenvalue weighted by molar-refractivity contribution is 7.99. The molecule has 0 radical (unpaired) electrons. The number of nitrogens with zero attached hydrogens (tertiary/aromatic N) is 2. The molecule has 3 rings (SSSR count). The number of amides is 1. The molecule has 5 nitrogen and oxygen atoms in total. The molecule has 0 atom stereocenters. The number of aromatic nitrogens is 2. The van der Waals surface area contributed by atoms with Crippen LogP contribution in [-0.2, 0) is 11.3 Å². The summed E-state index contributed by atoms with van der Waals surface area (Å²) in [7, 11) is 1.64. The third kappa shape index (κ3) is 4.64. The Kier molecular flexibility index (Phi) is 5.74. The predicted molar refractivity (Wildman–Crippen MR) is 99.1 cm³/mol. The minimum absolute atomic E-state index is 0.0156. The summed E-state index contributed by atoms with van der Waals surface area (Å²) in [6.45, 7) is 0.535. The Hall–Kier alpha value is -2.73. The van der Waals surface area contributed by atoms with Crippen LogP contribution < -0.4 is 10.1 Å². The van der Waals surface area contributed by atoms with Gasteiger partial charge in [0.15, 0.2) is 5.16 Å². The molecule has 3 aromatic rings. The van der Waals surface area contributed by atoms with Crippen LogP contribution in [0.25, 0.3) is 5.69 Å². The quantitative estimate of drug-likeness (QED) is 0.662. The zero-order valence-corrected chi connectivity index (χ0v) is 14.7. The van der Waals surface area contributed by atoms with Gasteiger partial charge in [0.05, 0.1) is 12.9 Å². The predicted octanol–water partition coefficient (Wildman–Crippen LogP) is 3.29. The molecule has 0 spiro atoms. The summed E-state index contributed by atoms with van der Waals surface area (Å²) < 4.78 is 7.13.